The third-order valence-electron chi connectivity index (χ3n) is 2.16. The van der Waals surface area contributed by atoms with Gasteiger partial charge in [0.25, 0.3) is 0 Å². The van der Waals surface area contributed by atoms with Crippen molar-refractivity contribution < 1.29 is 14.3 Å². The van der Waals surface area contributed by atoms with Crippen molar-refractivity contribution in [2.24, 2.45) is 5.73 Å². The summed E-state index contributed by atoms with van der Waals surface area (Å²) < 4.78 is 10.9. The van der Waals surface area contributed by atoms with E-state index in [4.69, 9.17) is 15.2 Å². The number of carbonyl (C=O) groups is 1. The molecular weight excluding hydrogens is 274 g/mol. The van der Waals surface area contributed by atoms with Crippen LogP contribution in [-0.4, -0.2) is 26.5 Å². The average molecular weight is 288 g/mol. The number of ether oxygens (including phenoxy) is 2. The molecule has 0 fully saturated rings. The molecule has 1 aromatic carbocycles. The van der Waals surface area contributed by atoms with Gasteiger partial charge in [0, 0.05) is 12.0 Å². The summed E-state index contributed by atoms with van der Waals surface area (Å²) in [5.41, 5.74) is 5.91. The van der Waals surface area contributed by atoms with Gasteiger partial charge in [-0.25, -0.2) is 0 Å². The zero-order valence-electron chi connectivity index (χ0n) is 9.25. The molecule has 0 unspecified atom stereocenters. The van der Waals surface area contributed by atoms with E-state index in [0.29, 0.717) is 34.5 Å². The average Bonchev–Trinajstić information content (AvgIpc) is 2.28. The van der Waals surface area contributed by atoms with Gasteiger partial charge in [0.05, 0.1) is 18.7 Å². The fourth-order valence-corrected chi connectivity index (χ4v) is 2.08. The molecule has 0 saturated heterocycles. The van der Waals surface area contributed by atoms with Crippen LogP contribution in [0.15, 0.2) is 16.6 Å². The molecule has 1 rings (SSSR count). The van der Waals surface area contributed by atoms with Crippen molar-refractivity contribution in [3.8, 4) is 11.5 Å². The SMILES string of the molecule is COc1ccc(C(=O)CCN)c(Br)c1OC. The number of nitrogens with two attached hydrogens (primary N) is 1. The summed E-state index contributed by atoms with van der Waals surface area (Å²) in [5, 5.41) is 0. The smallest absolute Gasteiger partial charge is 0.175 e. The quantitative estimate of drug-likeness (QED) is 0.842. The third-order valence-corrected chi connectivity index (χ3v) is 2.94. The maximum Gasteiger partial charge on any atom is 0.175 e. The van der Waals surface area contributed by atoms with Gasteiger partial charge in [-0.05, 0) is 34.6 Å². The minimum absolute atomic E-state index is 0.0182. The third kappa shape index (κ3) is 2.54. The van der Waals surface area contributed by atoms with Gasteiger partial charge < -0.3 is 15.2 Å². The lowest BCUT2D eigenvalue weighted by Crippen LogP contribution is -2.09. The number of methoxy groups -OCH3 is 2. The zero-order valence-corrected chi connectivity index (χ0v) is 10.8. The molecule has 0 aliphatic heterocycles. The van der Waals surface area contributed by atoms with Crippen LogP contribution in [0.3, 0.4) is 0 Å². The van der Waals surface area contributed by atoms with Crippen molar-refractivity contribution in [2.75, 3.05) is 20.8 Å². The number of rotatable bonds is 5. The molecule has 0 atom stereocenters. The second-order valence-corrected chi connectivity index (χ2v) is 3.92. The van der Waals surface area contributed by atoms with E-state index in [2.05, 4.69) is 15.9 Å². The Bertz CT molecular complexity index is 393. The fourth-order valence-electron chi connectivity index (χ4n) is 1.37. The molecule has 4 nitrogen and oxygen atoms in total. The van der Waals surface area contributed by atoms with Gasteiger partial charge in [-0.15, -0.1) is 0 Å². The van der Waals surface area contributed by atoms with Gasteiger partial charge in [-0.2, -0.15) is 0 Å². The van der Waals surface area contributed by atoms with Gasteiger partial charge in [0.2, 0.25) is 0 Å². The van der Waals surface area contributed by atoms with Crippen LogP contribution in [0.25, 0.3) is 0 Å². The molecule has 0 saturated carbocycles. The first-order valence-corrected chi connectivity index (χ1v) is 5.58. The van der Waals surface area contributed by atoms with Crippen molar-refractivity contribution in [1.82, 2.24) is 0 Å². The van der Waals surface area contributed by atoms with E-state index in [0.717, 1.165) is 0 Å². The lowest BCUT2D eigenvalue weighted by molar-refractivity contribution is 0.0984. The monoisotopic (exact) mass is 287 g/mol. The van der Waals surface area contributed by atoms with Crippen LogP contribution < -0.4 is 15.2 Å². The molecule has 5 heteroatoms. The van der Waals surface area contributed by atoms with Crippen molar-refractivity contribution in [2.45, 2.75) is 6.42 Å². The minimum Gasteiger partial charge on any atom is -0.493 e. The molecule has 0 heterocycles. The van der Waals surface area contributed by atoms with Crippen molar-refractivity contribution in [1.29, 1.82) is 0 Å². The van der Waals surface area contributed by atoms with Crippen molar-refractivity contribution in [3.05, 3.63) is 22.2 Å². The van der Waals surface area contributed by atoms with E-state index in [1.165, 1.54) is 7.11 Å². The van der Waals surface area contributed by atoms with E-state index in [9.17, 15) is 4.79 Å². The van der Waals surface area contributed by atoms with Crippen LogP contribution in [0.4, 0.5) is 0 Å². The van der Waals surface area contributed by atoms with Crippen molar-refractivity contribution >= 4 is 21.7 Å². The highest BCUT2D eigenvalue weighted by Gasteiger charge is 2.16. The van der Waals surface area contributed by atoms with Gasteiger partial charge >= 0.3 is 0 Å². The first kappa shape index (κ1) is 13.0. The molecule has 0 amide bonds. The summed E-state index contributed by atoms with van der Waals surface area (Å²) in [5.74, 6) is 1.08. The topological polar surface area (TPSA) is 61.5 Å². The first-order valence-electron chi connectivity index (χ1n) is 4.79. The largest absolute Gasteiger partial charge is 0.493 e. The van der Waals surface area contributed by atoms with Gasteiger partial charge in [0.15, 0.2) is 17.3 Å². The molecule has 0 aliphatic carbocycles. The van der Waals surface area contributed by atoms with E-state index in [1.54, 1.807) is 19.2 Å². The van der Waals surface area contributed by atoms with E-state index < -0.39 is 0 Å². The molecule has 88 valence electrons. The Morgan fingerprint density at radius 2 is 2.06 bits per heavy atom. The number of hydrogen-bond acceptors (Lipinski definition) is 4. The summed E-state index contributed by atoms with van der Waals surface area (Å²) >= 11 is 3.34. The molecule has 0 radical (unpaired) electrons. The predicted octanol–water partition coefficient (Wildman–Crippen LogP) is 2.00. The Balaban J connectivity index is 3.18. The highest BCUT2D eigenvalue weighted by molar-refractivity contribution is 9.10. The predicted molar refractivity (Wildman–Crippen MR) is 65.2 cm³/mol. The standard InChI is InChI=1S/C11H14BrNO3/c1-15-9-4-3-7(8(14)5-6-13)10(12)11(9)16-2/h3-4H,5-6,13H2,1-2H3. The second kappa shape index (κ2) is 5.86. The second-order valence-electron chi connectivity index (χ2n) is 3.12. The number of carbonyl (C=O) groups excluding carboxylic acids is 1. The number of halogens is 1. The van der Waals surface area contributed by atoms with Gasteiger partial charge in [-0.1, -0.05) is 0 Å². The maximum absolute atomic E-state index is 11.7. The highest BCUT2D eigenvalue weighted by atomic mass is 79.9. The zero-order chi connectivity index (χ0) is 12.1. The van der Waals surface area contributed by atoms with E-state index in [-0.39, 0.29) is 5.78 Å². The number of ketones is 1. The summed E-state index contributed by atoms with van der Waals surface area (Å²) in [6.07, 6.45) is 0.314. The van der Waals surface area contributed by atoms with Crippen LogP contribution in [0.5, 0.6) is 11.5 Å². The first-order chi connectivity index (χ1) is 7.65. The molecule has 0 spiro atoms. The van der Waals surface area contributed by atoms with Crippen molar-refractivity contribution in [3.63, 3.8) is 0 Å². The summed E-state index contributed by atoms with van der Waals surface area (Å²) in [7, 11) is 3.07. The Morgan fingerprint density at radius 1 is 1.38 bits per heavy atom. The van der Waals surface area contributed by atoms with Crippen LogP contribution in [-0.2, 0) is 0 Å². The Morgan fingerprint density at radius 3 is 2.56 bits per heavy atom. The molecule has 1 aromatic rings. The van der Waals surface area contributed by atoms with Crippen LogP contribution in [0.1, 0.15) is 16.8 Å². The van der Waals surface area contributed by atoms with Gasteiger partial charge in [-0.3, -0.25) is 4.79 Å². The van der Waals surface area contributed by atoms with Crippen LogP contribution in [0, 0.1) is 0 Å². The molecule has 0 aliphatic rings. The fraction of sp³-hybridized carbons (Fsp3) is 0.364. The Labute approximate surface area is 103 Å². The number of hydrogen-bond donors (Lipinski definition) is 1. The summed E-state index contributed by atoms with van der Waals surface area (Å²) in [6.45, 7) is 0.333. The van der Waals surface area contributed by atoms with E-state index >= 15 is 0 Å². The number of benzene rings is 1. The minimum atomic E-state index is -0.0182. The normalized spacial score (nSPS) is 10.0. The number of Topliss-reactive ketones (excluding diaryl/α,β-unsaturated/α-hetero) is 1. The maximum atomic E-state index is 11.7. The molecule has 16 heavy (non-hydrogen) atoms. The van der Waals surface area contributed by atoms with E-state index in [1.807, 2.05) is 0 Å². The Kier molecular flexibility index (Phi) is 4.76. The summed E-state index contributed by atoms with van der Waals surface area (Å²) in [4.78, 5) is 11.7. The summed E-state index contributed by atoms with van der Waals surface area (Å²) in [6, 6.07) is 3.40. The molecule has 0 bridgehead atoms. The lowest BCUT2D eigenvalue weighted by atomic mass is 10.1. The Hall–Kier alpha value is -1.07. The molecular formula is C11H14BrNO3. The van der Waals surface area contributed by atoms with Gasteiger partial charge in [0.1, 0.15) is 0 Å². The molecule has 0 aromatic heterocycles. The highest BCUT2D eigenvalue weighted by Crippen LogP contribution is 2.37. The lowest BCUT2D eigenvalue weighted by Gasteiger charge is -2.12. The van der Waals surface area contributed by atoms with Crippen LogP contribution in [0.2, 0.25) is 0 Å². The van der Waals surface area contributed by atoms with Crippen LogP contribution >= 0.6 is 15.9 Å². The molecule has 2 N–H and O–H groups in total.